The van der Waals surface area contributed by atoms with Crippen molar-refractivity contribution < 1.29 is 0 Å². The van der Waals surface area contributed by atoms with Crippen LogP contribution >= 0.6 is 23.2 Å². The van der Waals surface area contributed by atoms with Gasteiger partial charge in [0.05, 0.1) is 21.9 Å². The Morgan fingerprint density at radius 3 is 2.94 bits per heavy atom. The molecular formula is C13H15Cl2N3. The monoisotopic (exact) mass is 283 g/mol. The van der Waals surface area contributed by atoms with Gasteiger partial charge in [0.25, 0.3) is 0 Å². The second-order valence-electron chi connectivity index (χ2n) is 4.05. The van der Waals surface area contributed by atoms with Gasteiger partial charge in [0.2, 0.25) is 0 Å². The standard InChI is InChI=1S/C13H15Cl2N3/c1-16-7-3-6-12-17-8-11(18-12)9-4-2-5-10(14)13(9)15/h2,4-5,8,16H,3,6-7H2,1H3,(H,17,18). The number of benzene rings is 1. The van der Waals surface area contributed by atoms with Gasteiger partial charge in [0.1, 0.15) is 5.82 Å². The van der Waals surface area contributed by atoms with Crippen molar-refractivity contribution in [1.82, 2.24) is 15.3 Å². The highest BCUT2D eigenvalue weighted by Gasteiger charge is 2.09. The van der Waals surface area contributed by atoms with E-state index in [1.165, 1.54) is 0 Å². The van der Waals surface area contributed by atoms with Crippen LogP contribution in [-0.4, -0.2) is 23.6 Å². The first kappa shape index (κ1) is 13.4. The van der Waals surface area contributed by atoms with Gasteiger partial charge in [0.15, 0.2) is 0 Å². The summed E-state index contributed by atoms with van der Waals surface area (Å²) >= 11 is 12.2. The van der Waals surface area contributed by atoms with Crippen LogP contribution in [0.2, 0.25) is 10.0 Å². The summed E-state index contributed by atoms with van der Waals surface area (Å²) < 4.78 is 0. The first-order valence-corrected chi connectivity index (χ1v) is 6.61. The van der Waals surface area contributed by atoms with Crippen molar-refractivity contribution >= 4 is 23.2 Å². The van der Waals surface area contributed by atoms with E-state index in [1.807, 2.05) is 19.2 Å². The summed E-state index contributed by atoms with van der Waals surface area (Å²) in [4.78, 5) is 7.62. The number of H-pyrrole nitrogens is 1. The molecular weight excluding hydrogens is 269 g/mol. The number of aromatic nitrogens is 2. The van der Waals surface area contributed by atoms with Crippen molar-refractivity contribution in [3.8, 4) is 11.3 Å². The van der Waals surface area contributed by atoms with Crippen molar-refractivity contribution in [2.45, 2.75) is 12.8 Å². The highest BCUT2D eigenvalue weighted by atomic mass is 35.5. The molecule has 0 aliphatic carbocycles. The van der Waals surface area contributed by atoms with Gasteiger partial charge in [-0.1, -0.05) is 35.3 Å². The maximum atomic E-state index is 6.17. The molecule has 0 atom stereocenters. The SMILES string of the molecule is CNCCCc1ncc(-c2cccc(Cl)c2Cl)[nH]1. The Bertz CT molecular complexity index is 523. The van der Waals surface area contributed by atoms with Crippen molar-refractivity contribution in [2.24, 2.45) is 0 Å². The van der Waals surface area contributed by atoms with Crippen LogP contribution in [0.3, 0.4) is 0 Å². The fourth-order valence-electron chi connectivity index (χ4n) is 1.77. The van der Waals surface area contributed by atoms with Gasteiger partial charge in [0, 0.05) is 12.0 Å². The lowest BCUT2D eigenvalue weighted by molar-refractivity contribution is 0.707. The van der Waals surface area contributed by atoms with Crippen LogP contribution in [0.25, 0.3) is 11.3 Å². The van der Waals surface area contributed by atoms with E-state index in [4.69, 9.17) is 23.2 Å². The first-order chi connectivity index (χ1) is 8.72. The maximum absolute atomic E-state index is 6.17. The van der Waals surface area contributed by atoms with Gasteiger partial charge >= 0.3 is 0 Å². The Morgan fingerprint density at radius 1 is 1.33 bits per heavy atom. The lowest BCUT2D eigenvalue weighted by Crippen LogP contribution is -2.08. The molecule has 0 unspecified atom stereocenters. The Hall–Kier alpha value is -1.03. The summed E-state index contributed by atoms with van der Waals surface area (Å²) in [5, 5.41) is 4.23. The fraction of sp³-hybridized carbons (Fsp3) is 0.308. The normalized spacial score (nSPS) is 10.8. The number of rotatable bonds is 5. The van der Waals surface area contributed by atoms with Crippen LogP contribution in [0.15, 0.2) is 24.4 Å². The highest BCUT2D eigenvalue weighted by Crippen LogP contribution is 2.32. The summed E-state index contributed by atoms with van der Waals surface area (Å²) in [5.74, 6) is 0.969. The zero-order valence-electron chi connectivity index (χ0n) is 10.1. The largest absolute Gasteiger partial charge is 0.342 e. The third-order valence-electron chi connectivity index (χ3n) is 2.71. The van der Waals surface area contributed by atoms with E-state index in [1.54, 1.807) is 12.3 Å². The fourth-order valence-corrected chi connectivity index (χ4v) is 2.17. The molecule has 2 rings (SSSR count). The molecule has 1 aromatic carbocycles. The Balaban J connectivity index is 2.16. The predicted molar refractivity (Wildman–Crippen MR) is 76.3 cm³/mol. The molecule has 2 N–H and O–H groups in total. The minimum Gasteiger partial charge on any atom is -0.342 e. The number of hydrogen-bond acceptors (Lipinski definition) is 2. The zero-order valence-corrected chi connectivity index (χ0v) is 11.6. The molecule has 0 fully saturated rings. The van der Waals surface area contributed by atoms with E-state index >= 15 is 0 Å². The van der Waals surface area contributed by atoms with Gasteiger partial charge in [-0.3, -0.25) is 0 Å². The molecule has 0 aliphatic rings. The molecule has 2 aromatic rings. The van der Waals surface area contributed by atoms with Gasteiger partial charge in [-0.25, -0.2) is 4.98 Å². The Kier molecular flexibility index (Phi) is 4.64. The molecule has 0 bridgehead atoms. The van der Waals surface area contributed by atoms with Gasteiger partial charge in [-0.2, -0.15) is 0 Å². The maximum Gasteiger partial charge on any atom is 0.106 e. The molecule has 3 nitrogen and oxygen atoms in total. The van der Waals surface area contributed by atoms with E-state index in [-0.39, 0.29) is 0 Å². The molecule has 1 heterocycles. The molecule has 0 spiro atoms. The van der Waals surface area contributed by atoms with E-state index in [2.05, 4.69) is 15.3 Å². The number of hydrogen-bond donors (Lipinski definition) is 2. The van der Waals surface area contributed by atoms with Gasteiger partial charge in [-0.15, -0.1) is 0 Å². The van der Waals surface area contributed by atoms with Crippen molar-refractivity contribution in [1.29, 1.82) is 0 Å². The lowest BCUT2D eigenvalue weighted by Gasteiger charge is -2.02. The predicted octanol–water partition coefficient (Wildman–Crippen LogP) is 3.54. The number of nitrogens with zero attached hydrogens (tertiary/aromatic N) is 1. The molecule has 0 saturated heterocycles. The van der Waals surface area contributed by atoms with Crippen LogP contribution in [-0.2, 0) is 6.42 Å². The second-order valence-corrected chi connectivity index (χ2v) is 4.84. The zero-order chi connectivity index (χ0) is 13.0. The minimum atomic E-state index is 0.556. The molecule has 0 saturated carbocycles. The quantitative estimate of drug-likeness (QED) is 0.824. The van der Waals surface area contributed by atoms with Crippen molar-refractivity contribution in [2.75, 3.05) is 13.6 Å². The number of aryl methyl sites for hydroxylation is 1. The van der Waals surface area contributed by atoms with E-state index < -0.39 is 0 Å². The van der Waals surface area contributed by atoms with Crippen LogP contribution in [0.1, 0.15) is 12.2 Å². The van der Waals surface area contributed by atoms with Crippen LogP contribution in [0.4, 0.5) is 0 Å². The van der Waals surface area contributed by atoms with Gasteiger partial charge < -0.3 is 10.3 Å². The molecule has 0 aliphatic heterocycles. The third kappa shape index (κ3) is 3.05. The number of nitrogens with one attached hydrogen (secondary N) is 2. The molecule has 18 heavy (non-hydrogen) atoms. The summed E-state index contributed by atoms with van der Waals surface area (Å²) in [7, 11) is 1.94. The summed E-state index contributed by atoms with van der Waals surface area (Å²) in [6, 6.07) is 5.59. The van der Waals surface area contributed by atoms with Crippen LogP contribution in [0, 0.1) is 0 Å². The van der Waals surface area contributed by atoms with Crippen molar-refractivity contribution in [3.05, 3.63) is 40.3 Å². The second kappa shape index (κ2) is 6.23. The summed E-state index contributed by atoms with van der Waals surface area (Å²) in [5.41, 5.74) is 1.79. The van der Waals surface area contributed by atoms with E-state index in [0.717, 1.165) is 36.5 Å². The average molecular weight is 284 g/mol. The average Bonchev–Trinajstić information content (AvgIpc) is 2.82. The van der Waals surface area contributed by atoms with Crippen molar-refractivity contribution in [3.63, 3.8) is 0 Å². The number of aromatic amines is 1. The summed E-state index contributed by atoms with van der Waals surface area (Å²) in [6.07, 6.45) is 3.76. The Morgan fingerprint density at radius 2 is 2.17 bits per heavy atom. The van der Waals surface area contributed by atoms with E-state index in [0.29, 0.717) is 10.0 Å². The van der Waals surface area contributed by atoms with Crippen LogP contribution < -0.4 is 5.32 Å². The molecule has 1 aromatic heterocycles. The van der Waals surface area contributed by atoms with Crippen LogP contribution in [0.5, 0.6) is 0 Å². The van der Waals surface area contributed by atoms with E-state index in [9.17, 15) is 0 Å². The number of halogens is 2. The molecule has 96 valence electrons. The molecule has 5 heteroatoms. The lowest BCUT2D eigenvalue weighted by atomic mass is 10.2. The number of imidazole rings is 1. The minimum absolute atomic E-state index is 0.556. The topological polar surface area (TPSA) is 40.7 Å². The third-order valence-corrected chi connectivity index (χ3v) is 3.53. The highest BCUT2D eigenvalue weighted by molar-refractivity contribution is 6.43. The van der Waals surface area contributed by atoms with Gasteiger partial charge in [-0.05, 0) is 26.1 Å². The molecule has 0 amide bonds. The smallest absolute Gasteiger partial charge is 0.106 e. The molecule has 0 radical (unpaired) electrons. The Labute approximate surface area is 117 Å². The summed E-state index contributed by atoms with van der Waals surface area (Å²) in [6.45, 7) is 0.980. The first-order valence-electron chi connectivity index (χ1n) is 5.85.